The minimum atomic E-state index is 0.502. The maximum Gasteiger partial charge on any atom is 0.149 e. The second-order valence-corrected chi connectivity index (χ2v) is 6.83. The van der Waals surface area contributed by atoms with E-state index in [1.807, 2.05) is 77.1 Å². The van der Waals surface area contributed by atoms with Crippen LogP contribution in [0.3, 0.4) is 0 Å². The number of hydrogen-bond acceptors (Lipinski definition) is 5. The molecule has 2 aromatic carbocycles. The maximum absolute atomic E-state index is 6.41. The lowest BCUT2D eigenvalue weighted by Gasteiger charge is -2.32. The first-order valence-corrected chi connectivity index (χ1v) is 9.15. The molecule has 140 valence electrons. The van der Waals surface area contributed by atoms with Gasteiger partial charge in [0, 0.05) is 36.2 Å². The van der Waals surface area contributed by atoms with Gasteiger partial charge in [0.05, 0.1) is 0 Å². The van der Waals surface area contributed by atoms with Crippen LogP contribution < -0.4 is 21.3 Å². The Bertz CT molecular complexity index is 1030. The number of pyridine rings is 1. The average Bonchev–Trinajstić information content (AvgIpc) is 2.71. The van der Waals surface area contributed by atoms with Gasteiger partial charge >= 0.3 is 0 Å². The molecule has 0 spiro atoms. The van der Waals surface area contributed by atoms with Crippen molar-refractivity contribution < 1.29 is 0 Å². The summed E-state index contributed by atoms with van der Waals surface area (Å²) in [5.41, 5.74) is 19.4. The molecular weight excluding hydrogens is 346 g/mol. The number of rotatable bonds is 3. The molecule has 3 aromatic rings. The summed E-state index contributed by atoms with van der Waals surface area (Å²) >= 11 is 0. The number of nitrogens with zero attached hydrogens (tertiary/aromatic N) is 3. The Hall–Kier alpha value is -3.73. The summed E-state index contributed by atoms with van der Waals surface area (Å²) in [6.45, 7) is 4.22. The number of benzene rings is 2. The quantitative estimate of drug-likeness (QED) is 0.724. The van der Waals surface area contributed by atoms with Crippen LogP contribution in [0.4, 0.5) is 11.4 Å². The summed E-state index contributed by atoms with van der Waals surface area (Å²) in [6, 6.07) is 18.2. The largest absolute Gasteiger partial charge is 0.382 e. The van der Waals surface area contributed by atoms with Gasteiger partial charge in [-0.3, -0.25) is 14.8 Å². The highest BCUT2D eigenvalue weighted by molar-refractivity contribution is 5.75. The van der Waals surface area contributed by atoms with E-state index in [1.54, 1.807) is 0 Å². The van der Waals surface area contributed by atoms with Crippen LogP contribution in [0.1, 0.15) is 11.1 Å². The van der Waals surface area contributed by atoms with E-state index in [2.05, 4.69) is 31.0 Å². The highest BCUT2D eigenvalue weighted by atomic mass is 15.3. The van der Waals surface area contributed by atoms with Crippen LogP contribution in [0.25, 0.3) is 11.1 Å². The van der Waals surface area contributed by atoms with Crippen LogP contribution >= 0.6 is 0 Å². The third-order valence-corrected chi connectivity index (χ3v) is 4.95. The van der Waals surface area contributed by atoms with Crippen molar-refractivity contribution in [1.29, 1.82) is 0 Å². The second-order valence-electron chi connectivity index (χ2n) is 6.83. The van der Waals surface area contributed by atoms with Crippen molar-refractivity contribution in [3.8, 4) is 11.1 Å². The summed E-state index contributed by atoms with van der Waals surface area (Å²) in [4.78, 5) is 7.92. The SMILES string of the molecule is Cc1cc(N2C=CN(c3ccccc3)C(N)=C2N)cc(C)c1-c1ccncc1. The summed E-state index contributed by atoms with van der Waals surface area (Å²) in [5, 5.41) is 0. The minimum absolute atomic E-state index is 0.502. The Labute approximate surface area is 165 Å². The Balaban J connectivity index is 1.71. The predicted molar refractivity (Wildman–Crippen MR) is 115 cm³/mol. The molecule has 4 rings (SSSR count). The maximum atomic E-state index is 6.41. The van der Waals surface area contributed by atoms with E-state index in [1.165, 1.54) is 16.7 Å². The van der Waals surface area contributed by atoms with E-state index >= 15 is 0 Å². The van der Waals surface area contributed by atoms with E-state index in [-0.39, 0.29) is 0 Å². The minimum Gasteiger partial charge on any atom is -0.382 e. The van der Waals surface area contributed by atoms with Crippen LogP contribution in [0.5, 0.6) is 0 Å². The van der Waals surface area contributed by atoms with Crippen molar-refractivity contribution in [2.45, 2.75) is 13.8 Å². The lowest BCUT2D eigenvalue weighted by molar-refractivity contribution is 0.953. The van der Waals surface area contributed by atoms with Gasteiger partial charge in [0.15, 0.2) is 0 Å². The van der Waals surface area contributed by atoms with Gasteiger partial charge in [-0.05, 0) is 72.5 Å². The number of aryl methyl sites for hydroxylation is 2. The molecule has 1 aromatic heterocycles. The topological polar surface area (TPSA) is 71.4 Å². The Morgan fingerprint density at radius 2 is 1.25 bits per heavy atom. The normalized spacial score (nSPS) is 13.9. The molecule has 0 fully saturated rings. The van der Waals surface area contributed by atoms with Gasteiger partial charge in [0.25, 0.3) is 0 Å². The summed E-state index contributed by atoms with van der Waals surface area (Å²) < 4.78 is 0. The van der Waals surface area contributed by atoms with E-state index in [9.17, 15) is 0 Å². The lowest BCUT2D eigenvalue weighted by Crippen LogP contribution is -2.37. The van der Waals surface area contributed by atoms with Crippen LogP contribution in [-0.2, 0) is 0 Å². The van der Waals surface area contributed by atoms with Crippen molar-refractivity contribution in [1.82, 2.24) is 4.98 Å². The molecule has 5 heteroatoms. The fourth-order valence-electron chi connectivity index (χ4n) is 3.63. The van der Waals surface area contributed by atoms with Crippen LogP contribution in [0, 0.1) is 13.8 Å². The highest BCUT2D eigenvalue weighted by Gasteiger charge is 2.21. The third-order valence-electron chi connectivity index (χ3n) is 4.95. The smallest absolute Gasteiger partial charge is 0.149 e. The Morgan fingerprint density at radius 1 is 0.714 bits per heavy atom. The zero-order chi connectivity index (χ0) is 19.7. The second kappa shape index (κ2) is 7.12. The summed E-state index contributed by atoms with van der Waals surface area (Å²) in [5.74, 6) is 1.00. The van der Waals surface area contributed by atoms with Crippen LogP contribution in [0.2, 0.25) is 0 Å². The number of hydrogen-bond donors (Lipinski definition) is 2. The molecule has 0 saturated carbocycles. The van der Waals surface area contributed by atoms with Crippen molar-refractivity contribution >= 4 is 11.4 Å². The number of para-hydroxylation sites is 1. The van der Waals surface area contributed by atoms with Gasteiger partial charge in [0.1, 0.15) is 11.6 Å². The molecule has 1 aliphatic rings. The first kappa shape index (κ1) is 17.7. The molecule has 0 bridgehead atoms. The molecule has 0 unspecified atom stereocenters. The average molecular weight is 369 g/mol. The fraction of sp³-hybridized carbons (Fsp3) is 0.0870. The highest BCUT2D eigenvalue weighted by Crippen LogP contribution is 2.33. The van der Waals surface area contributed by atoms with Gasteiger partial charge in [-0.15, -0.1) is 0 Å². The van der Waals surface area contributed by atoms with Gasteiger partial charge in [-0.2, -0.15) is 0 Å². The van der Waals surface area contributed by atoms with E-state index in [0.717, 1.165) is 16.9 Å². The lowest BCUT2D eigenvalue weighted by atomic mass is 9.95. The number of nitrogens with two attached hydrogens (primary N) is 2. The monoisotopic (exact) mass is 369 g/mol. The predicted octanol–water partition coefficient (Wildman–Crippen LogP) is 4.21. The van der Waals surface area contributed by atoms with E-state index < -0.39 is 0 Å². The zero-order valence-electron chi connectivity index (χ0n) is 16.0. The van der Waals surface area contributed by atoms with Gasteiger partial charge in [-0.25, -0.2) is 0 Å². The Kier molecular flexibility index (Phi) is 4.49. The molecule has 4 N–H and O–H groups in total. The van der Waals surface area contributed by atoms with Crippen molar-refractivity contribution in [3.05, 3.63) is 102 Å². The first-order valence-electron chi connectivity index (χ1n) is 9.15. The van der Waals surface area contributed by atoms with Crippen molar-refractivity contribution in [2.75, 3.05) is 9.80 Å². The molecule has 0 amide bonds. The summed E-state index contributed by atoms with van der Waals surface area (Å²) in [7, 11) is 0. The zero-order valence-corrected chi connectivity index (χ0v) is 16.0. The standard InChI is InChI=1S/C23H23N5/c1-16-14-20(15-17(2)21(16)18-8-10-26-11-9-18)28-13-12-27(22(24)23(28)25)19-6-4-3-5-7-19/h3-15H,24-25H2,1-2H3. The fourth-order valence-corrected chi connectivity index (χ4v) is 3.63. The molecule has 2 heterocycles. The third kappa shape index (κ3) is 3.07. The molecule has 28 heavy (non-hydrogen) atoms. The molecule has 0 atom stereocenters. The first-order chi connectivity index (χ1) is 13.6. The van der Waals surface area contributed by atoms with E-state index in [0.29, 0.717) is 11.6 Å². The van der Waals surface area contributed by atoms with Gasteiger partial charge < -0.3 is 11.5 Å². The van der Waals surface area contributed by atoms with Crippen LogP contribution in [0.15, 0.2) is 91.0 Å². The number of anilines is 2. The molecule has 1 aliphatic heterocycles. The molecule has 0 aliphatic carbocycles. The van der Waals surface area contributed by atoms with E-state index in [4.69, 9.17) is 11.5 Å². The molecule has 0 saturated heterocycles. The number of aromatic nitrogens is 1. The van der Waals surface area contributed by atoms with Crippen molar-refractivity contribution in [3.63, 3.8) is 0 Å². The molecular formula is C23H23N5. The Morgan fingerprint density at radius 3 is 1.82 bits per heavy atom. The van der Waals surface area contributed by atoms with Crippen molar-refractivity contribution in [2.24, 2.45) is 11.5 Å². The molecule has 0 radical (unpaired) electrons. The van der Waals surface area contributed by atoms with Gasteiger partial charge in [0.2, 0.25) is 0 Å². The van der Waals surface area contributed by atoms with Gasteiger partial charge in [-0.1, -0.05) is 18.2 Å². The summed E-state index contributed by atoms with van der Waals surface area (Å²) in [6.07, 6.45) is 7.51. The van der Waals surface area contributed by atoms with Crippen LogP contribution in [-0.4, -0.2) is 4.98 Å². The molecule has 5 nitrogen and oxygen atoms in total.